The Morgan fingerprint density at radius 1 is 1.29 bits per heavy atom. The molecule has 3 aliphatic rings. The summed E-state index contributed by atoms with van der Waals surface area (Å²) in [4.78, 5) is 41.2. The molecule has 0 radical (unpaired) electrons. The van der Waals surface area contributed by atoms with Crippen molar-refractivity contribution < 1.29 is 22.8 Å². The van der Waals surface area contributed by atoms with E-state index in [0.29, 0.717) is 31.6 Å². The minimum absolute atomic E-state index is 0.0505. The summed E-state index contributed by atoms with van der Waals surface area (Å²) in [6.45, 7) is 5.61. The lowest BCUT2D eigenvalue weighted by atomic mass is 9.77. The van der Waals surface area contributed by atoms with Gasteiger partial charge < -0.3 is 10.2 Å². The minimum atomic E-state index is -3.15. The van der Waals surface area contributed by atoms with E-state index in [4.69, 9.17) is 0 Å². The van der Waals surface area contributed by atoms with Crippen molar-refractivity contribution >= 4 is 27.7 Å². The first-order valence-electron chi connectivity index (χ1n) is 10.2. The number of hydrogen-bond donors (Lipinski definition) is 1. The smallest absolute Gasteiger partial charge is 0.325 e. The monoisotopic (exact) mass is 413 g/mol. The highest BCUT2D eigenvalue weighted by molar-refractivity contribution is 7.91. The zero-order valence-electron chi connectivity index (χ0n) is 16.9. The van der Waals surface area contributed by atoms with Gasteiger partial charge in [0.05, 0.1) is 11.5 Å². The van der Waals surface area contributed by atoms with E-state index in [0.717, 1.165) is 17.7 Å². The minimum Gasteiger partial charge on any atom is -0.334 e. The van der Waals surface area contributed by atoms with E-state index in [-0.39, 0.29) is 35.9 Å². The molecule has 2 heterocycles. The van der Waals surface area contributed by atoms with Gasteiger partial charge in [0.1, 0.15) is 12.1 Å². The third kappa shape index (κ3) is 3.90. The standard InChI is InChI=1S/C19H31N3O5S/c1-4-14(3)22(15-7-10-28(26,27)12-15)16(23)11-21-17(24)19(20-18(21)25)8-5-13(2)6-9-19/h13-15H,4-12H2,1-3H3,(H,20,25)/t13?,14-,15+,19?/m0/s1. The van der Waals surface area contributed by atoms with Gasteiger partial charge in [0, 0.05) is 12.1 Å². The summed E-state index contributed by atoms with van der Waals surface area (Å²) in [7, 11) is -3.15. The van der Waals surface area contributed by atoms with E-state index in [1.165, 1.54) is 0 Å². The van der Waals surface area contributed by atoms with Crippen molar-refractivity contribution in [1.82, 2.24) is 15.1 Å². The van der Waals surface area contributed by atoms with Crippen LogP contribution in [0.25, 0.3) is 0 Å². The average molecular weight is 414 g/mol. The first-order chi connectivity index (χ1) is 13.1. The molecule has 8 nitrogen and oxygen atoms in total. The van der Waals surface area contributed by atoms with Crippen LogP contribution in [0.4, 0.5) is 4.79 Å². The number of nitrogens with zero attached hydrogens (tertiary/aromatic N) is 2. The second-order valence-corrected chi connectivity index (χ2v) is 10.9. The Morgan fingerprint density at radius 2 is 1.93 bits per heavy atom. The summed E-state index contributed by atoms with van der Waals surface area (Å²) in [5, 5.41) is 2.83. The number of hydrogen-bond acceptors (Lipinski definition) is 5. The number of sulfone groups is 1. The molecule has 158 valence electrons. The highest BCUT2D eigenvalue weighted by atomic mass is 32.2. The van der Waals surface area contributed by atoms with Crippen LogP contribution in [0.15, 0.2) is 0 Å². The molecule has 1 saturated carbocycles. The van der Waals surface area contributed by atoms with Crippen molar-refractivity contribution in [2.75, 3.05) is 18.1 Å². The van der Waals surface area contributed by atoms with Crippen LogP contribution in [0.2, 0.25) is 0 Å². The SMILES string of the molecule is CC[C@H](C)N(C(=O)CN1C(=O)NC2(CCC(C)CC2)C1=O)[C@@H]1CCS(=O)(=O)C1. The van der Waals surface area contributed by atoms with Gasteiger partial charge in [0.25, 0.3) is 5.91 Å². The number of carbonyl (C=O) groups is 3. The lowest BCUT2D eigenvalue weighted by molar-refractivity contribution is -0.142. The summed E-state index contributed by atoms with van der Waals surface area (Å²) in [5.74, 6) is -0.133. The van der Waals surface area contributed by atoms with E-state index in [2.05, 4.69) is 12.2 Å². The van der Waals surface area contributed by atoms with Gasteiger partial charge in [-0.1, -0.05) is 13.8 Å². The van der Waals surface area contributed by atoms with Crippen molar-refractivity contribution in [3.05, 3.63) is 0 Å². The number of imide groups is 1. The van der Waals surface area contributed by atoms with E-state index in [1.807, 2.05) is 13.8 Å². The Kier molecular flexibility index (Phi) is 5.76. The van der Waals surface area contributed by atoms with Gasteiger partial charge in [-0.2, -0.15) is 0 Å². The van der Waals surface area contributed by atoms with E-state index < -0.39 is 27.4 Å². The third-order valence-electron chi connectivity index (χ3n) is 6.62. The lowest BCUT2D eigenvalue weighted by Crippen LogP contribution is -2.52. The van der Waals surface area contributed by atoms with Gasteiger partial charge in [0.15, 0.2) is 9.84 Å². The van der Waals surface area contributed by atoms with Crippen molar-refractivity contribution in [2.45, 2.75) is 76.9 Å². The molecule has 0 aromatic carbocycles. The second-order valence-electron chi connectivity index (χ2n) is 8.70. The molecule has 1 aliphatic carbocycles. The van der Waals surface area contributed by atoms with Crippen LogP contribution in [0.3, 0.4) is 0 Å². The molecular formula is C19H31N3O5S. The van der Waals surface area contributed by atoms with Crippen LogP contribution < -0.4 is 5.32 Å². The molecule has 1 N–H and O–H groups in total. The van der Waals surface area contributed by atoms with Gasteiger partial charge >= 0.3 is 6.03 Å². The fourth-order valence-electron chi connectivity index (χ4n) is 4.63. The number of amides is 4. The molecular weight excluding hydrogens is 382 g/mol. The fraction of sp³-hybridized carbons (Fsp3) is 0.842. The molecule has 4 amide bonds. The molecule has 28 heavy (non-hydrogen) atoms. The first kappa shape index (κ1) is 21.1. The highest BCUT2D eigenvalue weighted by Crippen LogP contribution is 2.36. The average Bonchev–Trinajstić information content (AvgIpc) is 3.10. The Labute approximate surface area is 166 Å². The topological polar surface area (TPSA) is 104 Å². The molecule has 0 aromatic heterocycles. The van der Waals surface area contributed by atoms with Crippen LogP contribution in [0.1, 0.15) is 59.3 Å². The predicted octanol–water partition coefficient (Wildman–Crippen LogP) is 1.30. The normalized spacial score (nSPS) is 33.2. The Morgan fingerprint density at radius 3 is 2.46 bits per heavy atom. The lowest BCUT2D eigenvalue weighted by Gasteiger charge is -2.35. The maximum Gasteiger partial charge on any atom is 0.325 e. The first-order valence-corrected chi connectivity index (χ1v) is 12.1. The predicted molar refractivity (Wildman–Crippen MR) is 104 cm³/mol. The van der Waals surface area contributed by atoms with Crippen LogP contribution in [0.5, 0.6) is 0 Å². The molecule has 2 saturated heterocycles. The number of nitrogens with one attached hydrogen (secondary N) is 1. The van der Waals surface area contributed by atoms with E-state index >= 15 is 0 Å². The maximum atomic E-state index is 13.1. The van der Waals surface area contributed by atoms with Crippen molar-refractivity contribution in [2.24, 2.45) is 5.92 Å². The number of urea groups is 1. The number of rotatable bonds is 5. The molecule has 3 fully saturated rings. The van der Waals surface area contributed by atoms with Crippen LogP contribution in [-0.2, 0) is 19.4 Å². The van der Waals surface area contributed by atoms with Crippen LogP contribution in [0, 0.1) is 5.92 Å². The van der Waals surface area contributed by atoms with E-state index in [1.54, 1.807) is 4.90 Å². The third-order valence-corrected chi connectivity index (χ3v) is 8.37. The molecule has 1 spiro atoms. The second kappa shape index (κ2) is 7.65. The van der Waals surface area contributed by atoms with E-state index in [9.17, 15) is 22.8 Å². The molecule has 0 aromatic rings. The Bertz CT molecular complexity index is 758. The summed E-state index contributed by atoms with van der Waals surface area (Å²) in [6, 6.07) is -1.06. The van der Waals surface area contributed by atoms with Crippen LogP contribution in [-0.4, -0.2) is 71.7 Å². The van der Waals surface area contributed by atoms with Crippen molar-refractivity contribution in [3.8, 4) is 0 Å². The summed E-state index contributed by atoms with van der Waals surface area (Å²) in [5.41, 5.74) is -0.873. The largest absolute Gasteiger partial charge is 0.334 e. The molecule has 2 atom stereocenters. The summed E-state index contributed by atoms with van der Waals surface area (Å²) >= 11 is 0. The quantitative estimate of drug-likeness (QED) is 0.684. The highest BCUT2D eigenvalue weighted by Gasteiger charge is 2.53. The van der Waals surface area contributed by atoms with Crippen molar-refractivity contribution in [3.63, 3.8) is 0 Å². The van der Waals surface area contributed by atoms with Gasteiger partial charge in [-0.05, 0) is 51.4 Å². The van der Waals surface area contributed by atoms with Crippen molar-refractivity contribution in [1.29, 1.82) is 0 Å². The van der Waals surface area contributed by atoms with Gasteiger partial charge in [-0.25, -0.2) is 13.2 Å². The summed E-state index contributed by atoms with van der Waals surface area (Å²) < 4.78 is 23.8. The molecule has 0 unspecified atom stereocenters. The zero-order valence-corrected chi connectivity index (χ0v) is 17.8. The summed E-state index contributed by atoms with van der Waals surface area (Å²) in [6.07, 6.45) is 4.00. The fourth-order valence-corrected chi connectivity index (χ4v) is 6.34. The molecule has 3 rings (SSSR count). The molecule has 2 aliphatic heterocycles. The Balaban J connectivity index is 1.74. The number of carbonyl (C=O) groups excluding carboxylic acids is 3. The molecule has 9 heteroatoms. The zero-order chi connectivity index (χ0) is 20.7. The Hall–Kier alpha value is -1.64. The van der Waals surface area contributed by atoms with Gasteiger partial charge in [-0.3, -0.25) is 14.5 Å². The van der Waals surface area contributed by atoms with Crippen LogP contribution >= 0.6 is 0 Å². The van der Waals surface area contributed by atoms with Gasteiger partial charge in [0.2, 0.25) is 5.91 Å². The van der Waals surface area contributed by atoms with Gasteiger partial charge in [-0.15, -0.1) is 0 Å². The maximum absolute atomic E-state index is 13.1. The molecule has 0 bridgehead atoms.